The Bertz CT molecular complexity index is 721. The molecular weight excluding hydrogens is 282 g/mol. The molecular formula is C16H13N3O3. The molecule has 1 fully saturated rings. The van der Waals surface area contributed by atoms with Crippen molar-refractivity contribution in [3.8, 4) is 17.6 Å². The predicted molar refractivity (Wildman–Crippen MR) is 78.7 cm³/mol. The van der Waals surface area contributed by atoms with Crippen molar-refractivity contribution in [2.24, 2.45) is 0 Å². The van der Waals surface area contributed by atoms with E-state index in [1.54, 1.807) is 24.3 Å². The van der Waals surface area contributed by atoms with Gasteiger partial charge in [-0.3, -0.25) is 5.32 Å². The molecule has 0 radical (unpaired) electrons. The number of hydrogen-bond acceptors (Lipinski definition) is 5. The molecule has 0 unspecified atom stereocenters. The second-order valence-corrected chi connectivity index (χ2v) is 4.82. The second-order valence-electron chi connectivity index (χ2n) is 4.82. The number of anilines is 1. The number of benzene rings is 1. The van der Waals surface area contributed by atoms with E-state index in [1.165, 1.54) is 12.3 Å². The zero-order valence-corrected chi connectivity index (χ0v) is 11.7. The summed E-state index contributed by atoms with van der Waals surface area (Å²) in [6.45, 7) is 0. The van der Waals surface area contributed by atoms with Gasteiger partial charge >= 0.3 is 6.09 Å². The summed E-state index contributed by atoms with van der Waals surface area (Å²) in [4.78, 5) is 15.8. The molecule has 110 valence electrons. The number of rotatable bonds is 4. The lowest BCUT2D eigenvalue weighted by Gasteiger charge is -2.09. The Morgan fingerprint density at radius 3 is 2.77 bits per heavy atom. The monoisotopic (exact) mass is 295 g/mol. The standard InChI is InChI=1S/C16H13N3O3/c17-9-11-10-18-15(8-14(11)21-13-6-7-13)19-16(20)22-12-4-2-1-3-5-12/h1-5,8,10,13H,6-7H2,(H,18,19,20). The van der Waals surface area contributed by atoms with Crippen molar-refractivity contribution in [2.45, 2.75) is 18.9 Å². The lowest BCUT2D eigenvalue weighted by atomic mass is 10.3. The van der Waals surface area contributed by atoms with E-state index in [2.05, 4.69) is 10.3 Å². The minimum atomic E-state index is -0.652. The van der Waals surface area contributed by atoms with Gasteiger partial charge in [-0.05, 0) is 25.0 Å². The van der Waals surface area contributed by atoms with Gasteiger partial charge in [0.15, 0.2) is 0 Å². The third-order valence-electron chi connectivity index (χ3n) is 2.99. The van der Waals surface area contributed by atoms with Crippen LogP contribution >= 0.6 is 0 Å². The van der Waals surface area contributed by atoms with Gasteiger partial charge in [0.05, 0.1) is 12.3 Å². The lowest BCUT2D eigenvalue weighted by molar-refractivity contribution is 0.215. The number of ether oxygens (including phenoxy) is 2. The molecule has 1 aliphatic carbocycles. The fraction of sp³-hybridized carbons (Fsp3) is 0.188. The highest BCUT2D eigenvalue weighted by Crippen LogP contribution is 2.30. The first-order chi connectivity index (χ1) is 10.7. The Morgan fingerprint density at radius 1 is 1.32 bits per heavy atom. The molecule has 0 saturated heterocycles. The molecule has 6 heteroatoms. The molecule has 1 aromatic carbocycles. The summed E-state index contributed by atoms with van der Waals surface area (Å²) in [5, 5.41) is 11.6. The van der Waals surface area contributed by atoms with E-state index in [1.807, 2.05) is 12.1 Å². The molecule has 0 atom stereocenters. The van der Waals surface area contributed by atoms with Crippen molar-refractivity contribution in [1.29, 1.82) is 5.26 Å². The van der Waals surface area contributed by atoms with Crippen LogP contribution in [0, 0.1) is 11.3 Å². The Kier molecular flexibility index (Phi) is 3.88. The van der Waals surface area contributed by atoms with Gasteiger partial charge in [-0.25, -0.2) is 9.78 Å². The summed E-state index contributed by atoms with van der Waals surface area (Å²) < 4.78 is 10.7. The highest BCUT2D eigenvalue weighted by molar-refractivity contribution is 5.85. The number of carbonyl (C=O) groups excluding carboxylic acids is 1. The number of carbonyl (C=O) groups is 1. The van der Waals surface area contributed by atoms with Crippen molar-refractivity contribution in [3.05, 3.63) is 48.2 Å². The van der Waals surface area contributed by atoms with Gasteiger partial charge in [0.25, 0.3) is 0 Å². The van der Waals surface area contributed by atoms with Gasteiger partial charge in [0.2, 0.25) is 0 Å². The molecule has 0 spiro atoms. The summed E-state index contributed by atoms with van der Waals surface area (Å²) in [7, 11) is 0. The normalized spacial score (nSPS) is 13.0. The zero-order valence-electron chi connectivity index (χ0n) is 11.7. The first-order valence-corrected chi connectivity index (χ1v) is 6.85. The maximum absolute atomic E-state index is 11.8. The molecule has 2 aromatic rings. The summed E-state index contributed by atoms with van der Waals surface area (Å²) in [6, 6.07) is 12.3. The fourth-order valence-corrected chi connectivity index (χ4v) is 1.78. The maximum atomic E-state index is 11.8. The van der Waals surface area contributed by atoms with Crippen LogP contribution in [0.1, 0.15) is 18.4 Å². The van der Waals surface area contributed by atoms with Crippen LogP contribution in [0.5, 0.6) is 11.5 Å². The highest BCUT2D eigenvalue weighted by atomic mass is 16.6. The van der Waals surface area contributed by atoms with Gasteiger partial charge in [0.1, 0.15) is 28.9 Å². The van der Waals surface area contributed by atoms with Crippen LogP contribution in [0.3, 0.4) is 0 Å². The summed E-state index contributed by atoms with van der Waals surface area (Å²) in [6.07, 6.45) is 2.83. The van der Waals surface area contributed by atoms with Crippen LogP contribution < -0.4 is 14.8 Å². The van der Waals surface area contributed by atoms with Gasteiger partial charge in [0, 0.05) is 6.07 Å². The Balaban J connectivity index is 1.69. The van der Waals surface area contributed by atoms with Gasteiger partial charge < -0.3 is 9.47 Å². The van der Waals surface area contributed by atoms with Gasteiger partial charge in [-0.1, -0.05) is 18.2 Å². The zero-order chi connectivity index (χ0) is 15.4. The van der Waals surface area contributed by atoms with E-state index in [0.717, 1.165) is 12.8 Å². The molecule has 3 rings (SSSR count). The fourth-order valence-electron chi connectivity index (χ4n) is 1.78. The number of pyridine rings is 1. The van der Waals surface area contributed by atoms with E-state index < -0.39 is 6.09 Å². The number of nitriles is 1. The van der Waals surface area contributed by atoms with Crippen LogP contribution in [-0.4, -0.2) is 17.2 Å². The summed E-state index contributed by atoms with van der Waals surface area (Å²) in [5.41, 5.74) is 0.342. The van der Waals surface area contributed by atoms with E-state index in [-0.39, 0.29) is 11.9 Å². The minimum absolute atomic E-state index is 0.152. The highest BCUT2D eigenvalue weighted by Gasteiger charge is 2.25. The van der Waals surface area contributed by atoms with Crippen LogP contribution in [-0.2, 0) is 0 Å². The number of hydrogen-bond donors (Lipinski definition) is 1. The molecule has 1 N–H and O–H groups in total. The van der Waals surface area contributed by atoms with E-state index in [4.69, 9.17) is 14.7 Å². The summed E-state index contributed by atoms with van der Waals surface area (Å²) in [5.74, 6) is 1.13. The van der Waals surface area contributed by atoms with Crippen molar-refractivity contribution in [2.75, 3.05) is 5.32 Å². The minimum Gasteiger partial charge on any atom is -0.489 e. The largest absolute Gasteiger partial charge is 0.489 e. The number of nitrogens with one attached hydrogen (secondary N) is 1. The van der Waals surface area contributed by atoms with Crippen molar-refractivity contribution < 1.29 is 14.3 Å². The molecule has 1 saturated carbocycles. The average Bonchev–Trinajstić information content (AvgIpc) is 3.32. The molecule has 1 amide bonds. The average molecular weight is 295 g/mol. The van der Waals surface area contributed by atoms with Crippen LogP contribution in [0.15, 0.2) is 42.6 Å². The quantitative estimate of drug-likeness (QED) is 0.936. The van der Waals surface area contributed by atoms with Crippen LogP contribution in [0.2, 0.25) is 0 Å². The number of para-hydroxylation sites is 1. The topological polar surface area (TPSA) is 84.2 Å². The molecule has 1 heterocycles. The van der Waals surface area contributed by atoms with E-state index in [0.29, 0.717) is 17.1 Å². The number of nitrogens with zero attached hydrogens (tertiary/aromatic N) is 2. The second kappa shape index (κ2) is 6.14. The van der Waals surface area contributed by atoms with E-state index in [9.17, 15) is 4.79 Å². The molecule has 22 heavy (non-hydrogen) atoms. The number of amides is 1. The van der Waals surface area contributed by atoms with Crippen LogP contribution in [0.25, 0.3) is 0 Å². The molecule has 1 aliphatic rings. The summed E-state index contributed by atoms with van der Waals surface area (Å²) >= 11 is 0. The Labute approximate surface area is 127 Å². The van der Waals surface area contributed by atoms with Crippen molar-refractivity contribution >= 4 is 11.9 Å². The van der Waals surface area contributed by atoms with Gasteiger partial charge in [-0.2, -0.15) is 5.26 Å². The van der Waals surface area contributed by atoms with Gasteiger partial charge in [-0.15, -0.1) is 0 Å². The Hall–Kier alpha value is -3.07. The molecule has 1 aromatic heterocycles. The molecule has 6 nitrogen and oxygen atoms in total. The molecule has 0 bridgehead atoms. The third-order valence-corrected chi connectivity index (χ3v) is 2.99. The third kappa shape index (κ3) is 3.52. The number of aromatic nitrogens is 1. The van der Waals surface area contributed by atoms with Crippen LogP contribution in [0.4, 0.5) is 10.6 Å². The Morgan fingerprint density at radius 2 is 2.09 bits per heavy atom. The first-order valence-electron chi connectivity index (χ1n) is 6.85. The maximum Gasteiger partial charge on any atom is 0.418 e. The lowest BCUT2D eigenvalue weighted by Crippen LogP contribution is -2.17. The van der Waals surface area contributed by atoms with Crippen molar-refractivity contribution in [1.82, 2.24) is 4.98 Å². The first kappa shape index (κ1) is 13.9. The van der Waals surface area contributed by atoms with E-state index >= 15 is 0 Å². The van der Waals surface area contributed by atoms with Crippen molar-refractivity contribution in [3.63, 3.8) is 0 Å². The smallest absolute Gasteiger partial charge is 0.418 e. The SMILES string of the molecule is N#Cc1cnc(NC(=O)Oc2ccccc2)cc1OC1CC1. The predicted octanol–water partition coefficient (Wildman–Crippen LogP) is 3.11. The molecule has 0 aliphatic heterocycles.